The lowest BCUT2D eigenvalue weighted by atomic mass is 10.1. The maximum absolute atomic E-state index is 12.1. The summed E-state index contributed by atoms with van der Waals surface area (Å²) < 4.78 is 0. The van der Waals surface area contributed by atoms with Gasteiger partial charge in [0.15, 0.2) is 0 Å². The van der Waals surface area contributed by atoms with Crippen molar-refractivity contribution < 1.29 is 14.7 Å². The van der Waals surface area contributed by atoms with Crippen LogP contribution in [0.2, 0.25) is 10.0 Å². The number of carboxylic acid groups (broad SMARTS) is 1. The number of hydrogen-bond acceptors (Lipinski definition) is 2. The predicted octanol–water partition coefficient (Wildman–Crippen LogP) is 3.87. The quantitative estimate of drug-likeness (QED) is 0.897. The van der Waals surface area contributed by atoms with Gasteiger partial charge in [0.2, 0.25) is 0 Å². The molecule has 2 rings (SSSR count). The fourth-order valence-corrected chi connectivity index (χ4v) is 2.29. The summed E-state index contributed by atoms with van der Waals surface area (Å²) in [5.74, 6) is -1.24. The lowest BCUT2D eigenvalue weighted by molar-refractivity contribution is -0.136. The molecule has 0 aliphatic rings. The normalized spacial score (nSPS) is 10.2. The zero-order valence-electron chi connectivity index (χ0n) is 10.8. The summed E-state index contributed by atoms with van der Waals surface area (Å²) in [5.41, 5.74) is 1.57. The molecular formula is C15H11Cl2NO3. The van der Waals surface area contributed by atoms with Crippen LogP contribution in [0.5, 0.6) is 0 Å². The van der Waals surface area contributed by atoms with Gasteiger partial charge in [-0.05, 0) is 35.9 Å². The summed E-state index contributed by atoms with van der Waals surface area (Å²) in [6.07, 6.45) is -0.0574. The van der Waals surface area contributed by atoms with Crippen molar-refractivity contribution in [3.05, 3.63) is 63.6 Å². The van der Waals surface area contributed by atoms with Gasteiger partial charge in [0, 0.05) is 21.3 Å². The molecule has 21 heavy (non-hydrogen) atoms. The van der Waals surface area contributed by atoms with Crippen molar-refractivity contribution >= 4 is 40.8 Å². The molecule has 0 saturated carbocycles. The van der Waals surface area contributed by atoms with E-state index >= 15 is 0 Å². The molecule has 0 fully saturated rings. The first kappa shape index (κ1) is 15.4. The van der Waals surface area contributed by atoms with Crippen molar-refractivity contribution in [2.75, 3.05) is 5.32 Å². The third-order valence-electron chi connectivity index (χ3n) is 2.69. The van der Waals surface area contributed by atoms with Crippen LogP contribution < -0.4 is 5.32 Å². The lowest BCUT2D eigenvalue weighted by Gasteiger charge is -2.07. The molecule has 108 valence electrons. The number of anilines is 1. The number of rotatable bonds is 4. The Morgan fingerprint density at radius 3 is 2.10 bits per heavy atom. The molecular weight excluding hydrogens is 313 g/mol. The number of nitrogens with one attached hydrogen (secondary N) is 1. The van der Waals surface area contributed by atoms with E-state index in [4.69, 9.17) is 28.3 Å². The van der Waals surface area contributed by atoms with Gasteiger partial charge in [-0.3, -0.25) is 9.59 Å². The van der Waals surface area contributed by atoms with E-state index in [1.54, 1.807) is 30.3 Å². The molecule has 1 amide bonds. The Kier molecular flexibility index (Phi) is 4.83. The highest BCUT2D eigenvalue weighted by Gasteiger charge is 2.08. The second-order valence-corrected chi connectivity index (χ2v) is 5.25. The second-order valence-electron chi connectivity index (χ2n) is 4.38. The number of amides is 1. The number of carbonyl (C=O) groups excluding carboxylic acids is 1. The van der Waals surface area contributed by atoms with Crippen LogP contribution in [-0.4, -0.2) is 17.0 Å². The van der Waals surface area contributed by atoms with Crippen LogP contribution in [0, 0.1) is 0 Å². The van der Waals surface area contributed by atoms with Crippen LogP contribution in [0.15, 0.2) is 42.5 Å². The maximum atomic E-state index is 12.1. The summed E-state index contributed by atoms with van der Waals surface area (Å²) in [7, 11) is 0. The van der Waals surface area contributed by atoms with E-state index in [9.17, 15) is 9.59 Å². The van der Waals surface area contributed by atoms with E-state index in [0.29, 0.717) is 26.9 Å². The minimum absolute atomic E-state index is 0.0574. The number of halogens is 2. The number of hydrogen-bond donors (Lipinski definition) is 2. The lowest BCUT2D eigenvalue weighted by Crippen LogP contribution is -2.12. The first-order valence-electron chi connectivity index (χ1n) is 6.02. The molecule has 0 bridgehead atoms. The molecule has 0 spiro atoms. The van der Waals surface area contributed by atoms with Gasteiger partial charge >= 0.3 is 5.97 Å². The largest absolute Gasteiger partial charge is 0.481 e. The highest BCUT2D eigenvalue weighted by Crippen LogP contribution is 2.20. The molecule has 0 radical (unpaired) electrons. The third-order valence-corrected chi connectivity index (χ3v) is 3.13. The Bertz CT molecular complexity index is 664. The van der Waals surface area contributed by atoms with E-state index in [1.165, 1.54) is 12.1 Å². The first-order valence-corrected chi connectivity index (χ1v) is 6.78. The zero-order chi connectivity index (χ0) is 15.4. The van der Waals surface area contributed by atoms with Crippen molar-refractivity contribution in [1.82, 2.24) is 0 Å². The van der Waals surface area contributed by atoms with Gasteiger partial charge in [-0.2, -0.15) is 0 Å². The molecule has 0 aliphatic heterocycles. The Morgan fingerprint density at radius 2 is 1.57 bits per heavy atom. The minimum Gasteiger partial charge on any atom is -0.481 e. The van der Waals surface area contributed by atoms with Gasteiger partial charge in [-0.1, -0.05) is 35.3 Å². The highest BCUT2D eigenvalue weighted by atomic mass is 35.5. The van der Waals surface area contributed by atoms with Crippen LogP contribution in [0.3, 0.4) is 0 Å². The Labute approximate surface area is 131 Å². The molecule has 0 atom stereocenters. The van der Waals surface area contributed by atoms with Gasteiger partial charge < -0.3 is 10.4 Å². The summed E-state index contributed by atoms with van der Waals surface area (Å²) in [5, 5.41) is 12.1. The summed E-state index contributed by atoms with van der Waals surface area (Å²) in [4.78, 5) is 22.6. The molecule has 0 heterocycles. The van der Waals surface area contributed by atoms with Crippen molar-refractivity contribution in [3.63, 3.8) is 0 Å². The molecule has 4 nitrogen and oxygen atoms in total. The van der Waals surface area contributed by atoms with E-state index in [0.717, 1.165) is 0 Å². The van der Waals surface area contributed by atoms with E-state index < -0.39 is 5.97 Å². The molecule has 0 unspecified atom stereocenters. The van der Waals surface area contributed by atoms with Crippen LogP contribution in [0.4, 0.5) is 5.69 Å². The number of benzene rings is 2. The minimum atomic E-state index is -0.902. The van der Waals surface area contributed by atoms with Gasteiger partial charge in [-0.25, -0.2) is 0 Å². The Balaban J connectivity index is 2.10. The van der Waals surface area contributed by atoms with Crippen LogP contribution in [0.25, 0.3) is 0 Å². The van der Waals surface area contributed by atoms with Gasteiger partial charge in [-0.15, -0.1) is 0 Å². The van der Waals surface area contributed by atoms with E-state index in [1.807, 2.05) is 0 Å². The van der Waals surface area contributed by atoms with Gasteiger partial charge in [0.25, 0.3) is 5.91 Å². The fourth-order valence-electron chi connectivity index (χ4n) is 1.77. The maximum Gasteiger partial charge on any atom is 0.307 e. The standard InChI is InChI=1S/C15H11Cl2NO3/c16-11-6-10(7-12(17)8-11)15(21)18-13-3-1-9(2-4-13)5-14(19)20/h1-4,6-8H,5H2,(H,18,21)(H,19,20). The molecule has 0 aromatic heterocycles. The molecule has 2 aromatic rings. The SMILES string of the molecule is O=C(O)Cc1ccc(NC(=O)c2cc(Cl)cc(Cl)c2)cc1. The van der Waals surface area contributed by atoms with Gasteiger partial charge in [0.1, 0.15) is 0 Å². The van der Waals surface area contributed by atoms with Crippen LogP contribution in [0.1, 0.15) is 15.9 Å². The smallest absolute Gasteiger partial charge is 0.307 e. The number of aliphatic carboxylic acids is 1. The second kappa shape index (κ2) is 6.61. The molecule has 2 aromatic carbocycles. The highest BCUT2D eigenvalue weighted by molar-refractivity contribution is 6.35. The van der Waals surface area contributed by atoms with Crippen LogP contribution in [-0.2, 0) is 11.2 Å². The molecule has 6 heteroatoms. The topological polar surface area (TPSA) is 66.4 Å². The number of carboxylic acids is 1. The average molecular weight is 324 g/mol. The van der Waals surface area contributed by atoms with Gasteiger partial charge in [0.05, 0.1) is 6.42 Å². The summed E-state index contributed by atoms with van der Waals surface area (Å²) >= 11 is 11.7. The Morgan fingerprint density at radius 1 is 1.00 bits per heavy atom. The van der Waals surface area contributed by atoms with Crippen molar-refractivity contribution in [2.24, 2.45) is 0 Å². The van der Waals surface area contributed by atoms with Crippen LogP contribution >= 0.6 is 23.2 Å². The zero-order valence-corrected chi connectivity index (χ0v) is 12.3. The van der Waals surface area contributed by atoms with Crippen molar-refractivity contribution in [3.8, 4) is 0 Å². The third kappa shape index (κ3) is 4.48. The summed E-state index contributed by atoms with van der Waals surface area (Å²) in [6, 6.07) is 11.2. The van der Waals surface area contributed by atoms with Crippen molar-refractivity contribution in [1.29, 1.82) is 0 Å². The summed E-state index contributed by atoms with van der Waals surface area (Å²) in [6.45, 7) is 0. The van der Waals surface area contributed by atoms with Crippen molar-refractivity contribution in [2.45, 2.75) is 6.42 Å². The molecule has 2 N–H and O–H groups in total. The molecule has 0 saturated heterocycles. The fraction of sp³-hybridized carbons (Fsp3) is 0.0667. The molecule has 0 aliphatic carbocycles. The number of carbonyl (C=O) groups is 2. The van der Waals surface area contributed by atoms with E-state index in [-0.39, 0.29) is 12.3 Å². The first-order chi connectivity index (χ1) is 9.94. The Hall–Kier alpha value is -2.04. The predicted molar refractivity (Wildman–Crippen MR) is 82.2 cm³/mol. The van der Waals surface area contributed by atoms with E-state index in [2.05, 4.69) is 5.32 Å². The monoisotopic (exact) mass is 323 g/mol. The average Bonchev–Trinajstić information content (AvgIpc) is 2.39.